The first kappa shape index (κ1) is 25.7. The second kappa shape index (κ2) is 13.1. The summed E-state index contributed by atoms with van der Waals surface area (Å²) in [5, 5.41) is 7.91. The summed E-state index contributed by atoms with van der Waals surface area (Å²) < 4.78 is 10.9. The fraction of sp³-hybridized carbons (Fsp3) is 0.545. The van der Waals surface area contributed by atoms with Crippen molar-refractivity contribution in [2.45, 2.75) is 33.2 Å². The summed E-state index contributed by atoms with van der Waals surface area (Å²) >= 11 is 1.75. The lowest BCUT2D eigenvalue weighted by atomic mass is 9.99. The van der Waals surface area contributed by atoms with Crippen molar-refractivity contribution in [1.82, 2.24) is 20.5 Å². The van der Waals surface area contributed by atoms with E-state index >= 15 is 0 Å². The van der Waals surface area contributed by atoms with Gasteiger partial charge in [-0.25, -0.2) is 4.98 Å². The number of hydrogen-bond donors (Lipinski definition) is 2. The standard InChI is InChI=1S/C22H33N5O2S.HI/c1-5-23-22(24-8-6-21-26-14-16(2)30-21)25-9-11-27-10-7-17-12-19(28-3)20(29-4)13-18(17)15-27;/h12-14H,5-11,15H2,1-4H3,(H2,23,24,25);1H. The van der Waals surface area contributed by atoms with Crippen LogP contribution in [0.2, 0.25) is 0 Å². The summed E-state index contributed by atoms with van der Waals surface area (Å²) in [6.45, 7) is 9.49. The van der Waals surface area contributed by atoms with Crippen LogP contribution in [0.25, 0.3) is 0 Å². The lowest BCUT2D eigenvalue weighted by Gasteiger charge is -2.29. The smallest absolute Gasteiger partial charge is 0.191 e. The quantitative estimate of drug-likeness (QED) is 0.280. The Morgan fingerprint density at radius 3 is 2.58 bits per heavy atom. The molecule has 0 radical (unpaired) electrons. The van der Waals surface area contributed by atoms with Gasteiger partial charge in [-0.1, -0.05) is 0 Å². The number of hydrogen-bond acceptors (Lipinski definition) is 6. The highest BCUT2D eigenvalue weighted by Crippen LogP contribution is 2.33. The summed E-state index contributed by atoms with van der Waals surface area (Å²) in [4.78, 5) is 12.9. The Morgan fingerprint density at radius 1 is 1.19 bits per heavy atom. The molecular formula is C22H34IN5O2S. The summed E-state index contributed by atoms with van der Waals surface area (Å²) in [7, 11) is 3.37. The summed E-state index contributed by atoms with van der Waals surface area (Å²) in [6.07, 6.45) is 3.86. The first-order valence-corrected chi connectivity index (χ1v) is 11.3. The van der Waals surface area contributed by atoms with E-state index in [0.717, 1.165) is 74.6 Å². The molecule has 2 aromatic rings. The fourth-order valence-corrected chi connectivity index (χ4v) is 4.37. The molecule has 1 aromatic carbocycles. The van der Waals surface area contributed by atoms with Crippen LogP contribution in [0.3, 0.4) is 0 Å². The molecular weight excluding hydrogens is 525 g/mol. The molecule has 0 aliphatic carbocycles. The van der Waals surface area contributed by atoms with Gasteiger partial charge in [0.15, 0.2) is 17.5 Å². The normalized spacial score (nSPS) is 13.9. The Bertz CT molecular complexity index is 858. The van der Waals surface area contributed by atoms with Crippen LogP contribution in [0.1, 0.15) is 27.9 Å². The molecule has 0 spiro atoms. The van der Waals surface area contributed by atoms with E-state index in [0.29, 0.717) is 0 Å². The second-order valence-corrected chi connectivity index (χ2v) is 8.62. The van der Waals surface area contributed by atoms with Crippen molar-refractivity contribution in [3.05, 3.63) is 39.3 Å². The first-order chi connectivity index (χ1) is 14.6. The molecule has 0 saturated carbocycles. The Hall–Kier alpha value is -1.59. The second-order valence-electron chi connectivity index (χ2n) is 7.30. The fourth-order valence-electron chi connectivity index (χ4n) is 3.58. The van der Waals surface area contributed by atoms with Gasteiger partial charge in [-0.2, -0.15) is 0 Å². The van der Waals surface area contributed by atoms with E-state index in [2.05, 4.69) is 46.5 Å². The van der Waals surface area contributed by atoms with E-state index in [9.17, 15) is 0 Å². The molecule has 172 valence electrons. The molecule has 0 saturated heterocycles. The number of benzene rings is 1. The number of nitrogens with one attached hydrogen (secondary N) is 2. The van der Waals surface area contributed by atoms with Crippen molar-refractivity contribution in [2.24, 2.45) is 4.99 Å². The van der Waals surface area contributed by atoms with Crippen LogP contribution < -0.4 is 20.1 Å². The Morgan fingerprint density at radius 2 is 1.94 bits per heavy atom. The molecule has 0 amide bonds. The van der Waals surface area contributed by atoms with E-state index < -0.39 is 0 Å². The van der Waals surface area contributed by atoms with Gasteiger partial charge in [-0.15, -0.1) is 35.3 Å². The van der Waals surface area contributed by atoms with Crippen molar-refractivity contribution in [3.8, 4) is 11.5 Å². The van der Waals surface area contributed by atoms with Crippen LogP contribution >= 0.6 is 35.3 Å². The molecule has 2 N–H and O–H groups in total. The lowest BCUT2D eigenvalue weighted by molar-refractivity contribution is 0.260. The molecule has 0 unspecified atom stereocenters. The number of aromatic nitrogens is 1. The summed E-state index contributed by atoms with van der Waals surface area (Å²) in [5.41, 5.74) is 2.66. The minimum Gasteiger partial charge on any atom is -0.493 e. The molecule has 31 heavy (non-hydrogen) atoms. The van der Waals surface area contributed by atoms with Crippen molar-refractivity contribution >= 4 is 41.3 Å². The first-order valence-electron chi connectivity index (χ1n) is 10.5. The van der Waals surface area contributed by atoms with E-state index in [1.165, 1.54) is 16.0 Å². The van der Waals surface area contributed by atoms with Gasteiger partial charge in [0, 0.05) is 50.2 Å². The number of nitrogens with zero attached hydrogens (tertiary/aromatic N) is 3. The largest absolute Gasteiger partial charge is 0.493 e. The predicted molar refractivity (Wildman–Crippen MR) is 138 cm³/mol. The van der Waals surface area contributed by atoms with Crippen LogP contribution in [0.4, 0.5) is 0 Å². The van der Waals surface area contributed by atoms with Gasteiger partial charge >= 0.3 is 0 Å². The maximum absolute atomic E-state index is 5.46. The monoisotopic (exact) mass is 559 g/mol. The van der Waals surface area contributed by atoms with E-state index in [4.69, 9.17) is 14.5 Å². The Labute approximate surface area is 206 Å². The van der Waals surface area contributed by atoms with Crippen LogP contribution in [-0.4, -0.2) is 62.8 Å². The zero-order valence-corrected chi connectivity index (χ0v) is 22.0. The zero-order valence-electron chi connectivity index (χ0n) is 18.9. The van der Waals surface area contributed by atoms with Gasteiger partial charge in [-0.3, -0.25) is 9.89 Å². The molecule has 1 aliphatic heterocycles. The highest BCUT2D eigenvalue weighted by molar-refractivity contribution is 14.0. The highest BCUT2D eigenvalue weighted by atomic mass is 127. The molecule has 9 heteroatoms. The van der Waals surface area contributed by atoms with Gasteiger partial charge in [-0.05, 0) is 43.5 Å². The molecule has 0 fully saturated rings. The number of rotatable bonds is 9. The van der Waals surface area contributed by atoms with Crippen molar-refractivity contribution in [1.29, 1.82) is 0 Å². The number of ether oxygens (including phenoxy) is 2. The van der Waals surface area contributed by atoms with Crippen LogP contribution in [-0.2, 0) is 19.4 Å². The van der Waals surface area contributed by atoms with Crippen molar-refractivity contribution in [3.63, 3.8) is 0 Å². The van der Waals surface area contributed by atoms with Gasteiger partial charge in [0.2, 0.25) is 0 Å². The van der Waals surface area contributed by atoms with Gasteiger partial charge in [0.05, 0.1) is 25.8 Å². The lowest BCUT2D eigenvalue weighted by Crippen LogP contribution is -2.39. The number of guanidine groups is 1. The predicted octanol–water partition coefficient (Wildman–Crippen LogP) is 3.24. The minimum atomic E-state index is 0. The van der Waals surface area contributed by atoms with Crippen LogP contribution in [0.5, 0.6) is 11.5 Å². The summed E-state index contributed by atoms with van der Waals surface area (Å²) in [5.74, 6) is 2.48. The molecule has 0 bridgehead atoms. The molecule has 3 rings (SSSR count). The average molecular weight is 560 g/mol. The van der Waals surface area contributed by atoms with E-state index in [-0.39, 0.29) is 24.0 Å². The maximum Gasteiger partial charge on any atom is 0.191 e. The van der Waals surface area contributed by atoms with Crippen LogP contribution in [0, 0.1) is 6.92 Å². The third kappa shape index (κ3) is 7.50. The maximum atomic E-state index is 5.46. The number of fused-ring (bicyclic) bond motifs is 1. The molecule has 0 atom stereocenters. The number of thiazole rings is 1. The Kier molecular flexibility index (Phi) is 10.8. The number of methoxy groups -OCH3 is 2. The van der Waals surface area contributed by atoms with Crippen molar-refractivity contribution in [2.75, 3.05) is 46.9 Å². The molecule has 7 nitrogen and oxygen atoms in total. The third-order valence-electron chi connectivity index (χ3n) is 5.13. The Balaban J connectivity index is 0.00000341. The van der Waals surface area contributed by atoms with Gasteiger partial charge in [0.25, 0.3) is 0 Å². The molecule has 1 aliphatic rings. The highest BCUT2D eigenvalue weighted by Gasteiger charge is 2.19. The van der Waals surface area contributed by atoms with Gasteiger partial charge in [0.1, 0.15) is 0 Å². The average Bonchev–Trinajstić information content (AvgIpc) is 3.17. The number of halogens is 1. The van der Waals surface area contributed by atoms with Gasteiger partial charge < -0.3 is 20.1 Å². The van der Waals surface area contributed by atoms with E-state index in [1.807, 2.05) is 6.20 Å². The topological polar surface area (TPSA) is 71.0 Å². The third-order valence-corrected chi connectivity index (χ3v) is 6.10. The summed E-state index contributed by atoms with van der Waals surface area (Å²) in [6, 6.07) is 4.22. The molecule has 2 heterocycles. The van der Waals surface area contributed by atoms with Crippen LogP contribution in [0.15, 0.2) is 23.3 Å². The number of aliphatic imine (C=N–C) groups is 1. The number of aryl methyl sites for hydroxylation is 1. The van der Waals surface area contributed by atoms with E-state index in [1.54, 1.807) is 25.6 Å². The molecule has 1 aromatic heterocycles. The minimum absolute atomic E-state index is 0. The SMILES string of the molecule is CCNC(=NCCN1CCc2cc(OC)c(OC)cc2C1)NCCc1ncc(C)s1.I. The zero-order chi connectivity index (χ0) is 21.3. The van der Waals surface area contributed by atoms with Crippen molar-refractivity contribution < 1.29 is 9.47 Å².